The summed E-state index contributed by atoms with van der Waals surface area (Å²) in [5.74, 6) is 0.567. The first kappa shape index (κ1) is 16.1. The van der Waals surface area contributed by atoms with Crippen molar-refractivity contribution in [2.45, 2.75) is 51.0 Å². The summed E-state index contributed by atoms with van der Waals surface area (Å²) in [5, 5.41) is 10.6. The molecule has 1 unspecified atom stereocenters. The molecule has 1 aliphatic carbocycles. The number of hydrogen-bond acceptors (Lipinski definition) is 3. The van der Waals surface area contributed by atoms with Gasteiger partial charge >= 0.3 is 0 Å². The number of piperidine rings is 1. The highest BCUT2D eigenvalue weighted by Crippen LogP contribution is 2.36. The molecule has 0 bridgehead atoms. The molecule has 1 N–H and O–H groups in total. The van der Waals surface area contributed by atoms with E-state index in [4.69, 9.17) is 0 Å². The molecule has 0 aromatic heterocycles. The summed E-state index contributed by atoms with van der Waals surface area (Å²) in [6, 6.07) is 6.21. The van der Waals surface area contributed by atoms with Crippen molar-refractivity contribution in [2.24, 2.45) is 5.92 Å². The van der Waals surface area contributed by atoms with Gasteiger partial charge in [-0.25, -0.2) is 0 Å². The monoisotopic (exact) mass is 328 g/mol. The topological polar surface area (TPSA) is 43.8 Å². The number of hydrogen-bond donors (Lipinski definition) is 1. The molecule has 0 spiro atoms. The van der Waals surface area contributed by atoms with Gasteiger partial charge in [0, 0.05) is 24.7 Å². The Morgan fingerprint density at radius 3 is 2.67 bits per heavy atom. The van der Waals surface area contributed by atoms with Crippen LogP contribution >= 0.6 is 0 Å². The lowest BCUT2D eigenvalue weighted by Crippen LogP contribution is -2.36. The summed E-state index contributed by atoms with van der Waals surface area (Å²) in [5.41, 5.74) is 3.30. The van der Waals surface area contributed by atoms with E-state index >= 15 is 0 Å². The average molecular weight is 328 g/mol. The lowest BCUT2D eigenvalue weighted by atomic mass is 9.96. The van der Waals surface area contributed by atoms with Gasteiger partial charge < -0.3 is 14.9 Å². The number of aliphatic hydroxyl groups excluding tert-OH is 1. The van der Waals surface area contributed by atoms with Crippen LogP contribution in [0.4, 0.5) is 5.69 Å². The molecule has 1 aromatic carbocycles. The first-order chi connectivity index (χ1) is 11.7. The van der Waals surface area contributed by atoms with Gasteiger partial charge in [-0.15, -0.1) is 0 Å². The molecule has 0 radical (unpaired) electrons. The highest BCUT2D eigenvalue weighted by molar-refractivity contribution is 5.97. The number of carbonyl (C=O) groups excluding carboxylic acids is 1. The summed E-state index contributed by atoms with van der Waals surface area (Å²) in [6.07, 6.45) is 7.52. The van der Waals surface area contributed by atoms with Crippen LogP contribution in [-0.2, 0) is 11.2 Å². The molecule has 3 aliphatic rings. The number of aryl methyl sites for hydroxylation is 1. The number of likely N-dealkylation sites (tertiary alicyclic amines) is 1. The highest BCUT2D eigenvalue weighted by atomic mass is 16.3. The number of benzene rings is 1. The van der Waals surface area contributed by atoms with E-state index in [1.807, 2.05) is 11.0 Å². The molecule has 1 saturated heterocycles. The maximum Gasteiger partial charge on any atom is 0.230 e. The second-order valence-electron chi connectivity index (χ2n) is 7.63. The van der Waals surface area contributed by atoms with Crippen LogP contribution in [0.3, 0.4) is 0 Å². The highest BCUT2D eigenvalue weighted by Gasteiger charge is 2.35. The zero-order valence-corrected chi connectivity index (χ0v) is 14.4. The van der Waals surface area contributed by atoms with Crippen LogP contribution < -0.4 is 4.90 Å². The molecule has 24 heavy (non-hydrogen) atoms. The van der Waals surface area contributed by atoms with Gasteiger partial charge in [-0.1, -0.05) is 18.6 Å². The number of β-amino-alcohol motifs (C(OH)–C–C–N with tert-alkyl or cyclic N) is 1. The van der Waals surface area contributed by atoms with E-state index < -0.39 is 6.10 Å². The van der Waals surface area contributed by atoms with E-state index in [0.717, 1.165) is 63.1 Å². The maximum atomic E-state index is 12.5. The van der Waals surface area contributed by atoms with Gasteiger partial charge in [-0.3, -0.25) is 4.79 Å². The Bertz CT molecular complexity index is 606. The summed E-state index contributed by atoms with van der Waals surface area (Å²) >= 11 is 0. The van der Waals surface area contributed by atoms with Gasteiger partial charge in [0.2, 0.25) is 5.91 Å². The van der Waals surface area contributed by atoms with E-state index in [9.17, 15) is 9.90 Å². The lowest BCUT2D eigenvalue weighted by Gasteiger charge is -2.31. The molecule has 1 aromatic rings. The number of amides is 1. The second kappa shape index (κ2) is 6.85. The van der Waals surface area contributed by atoms with E-state index in [-0.39, 0.29) is 5.92 Å². The van der Waals surface area contributed by atoms with E-state index in [0.29, 0.717) is 5.91 Å². The third kappa shape index (κ3) is 3.35. The molecule has 4 heteroatoms. The van der Waals surface area contributed by atoms with Gasteiger partial charge in [0.25, 0.3) is 0 Å². The molecule has 4 nitrogen and oxygen atoms in total. The number of fused-ring (bicyclic) bond motifs is 1. The molecule has 2 fully saturated rings. The van der Waals surface area contributed by atoms with Crippen LogP contribution in [0.15, 0.2) is 18.2 Å². The largest absolute Gasteiger partial charge is 0.387 e. The SMILES string of the molecule is O=C(C1CC1)N1CCCc2cc(C(O)CN3CCCCC3)ccc21. The summed E-state index contributed by atoms with van der Waals surface area (Å²) < 4.78 is 0. The smallest absolute Gasteiger partial charge is 0.230 e. The Morgan fingerprint density at radius 1 is 1.12 bits per heavy atom. The Morgan fingerprint density at radius 2 is 1.92 bits per heavy atom. The van der Waals surface area contributed by atoms with Crippen molar-refractivity contribution in [1.29, 1.82) is 0 Å². The zero-order valence-electron chi connectivity index (χ0n) is 14.4. The van der Waals surface area contributed by atoms with Crippen LogP contribution in [0.1, 0.15) is 55.8 Å². The fourth-order valence-corrected chi connectivity index (χ4v) is 4.10. The van der Waals surface area contributed by atoms with Crippen molar-refractivity contribution in [3.63, 3.8) is 0 Å². The Balaban J connectivity index is 1.48. The van der Waals surface area contributed by atoms with Crippen LogP contribution in [0.2, 0.25) is 0 Å². The number of aliphatic hydroxyl groups is 1. The van der Waals surface area contributed by atoms with Gasteiger partial charge in [0.1, 0.15) is 0 Å². The summed E-state index contributed by atoms with van der Waals surface area (Å²) in [6.45, 7) is 3.78. The number of nitrogens with zero attached hydrogens (tertiary/aromatic N) is 2. The van der Waals surface area contributed by atoms with Gasteiger partial charge in [-0.05, 0) is 68.8 Å². The average Bonchev–Trinajstić information content (AvgIpc) is 3.46. The summed E-state index contributed by atoms with van der Waals surface area (Å²) in [4.78, 5) is 16.8. The van der Waals surface area contributed by atoms with E-state index in [2.05, 4.69) is 17.0 Å². The number of carbonyl (C=O) groups is 1. The molecule has 1 saturated carbocycles. The van der Waals surface area contributed by atoms with Gasteiger partial charge in [-0.2, -0.15) is 0 Å². The van der Waals surface area contributed by atoms with Crippen molar-refractivity contribution in [3.05, 3.63) is 29.3 Å². The van der Waals surface area contributed by atoms with Gasteiger partial charge in [0.15, 0.2) is 0 Å². The minimum Gasteiger partial charge on any atom is -0.387 e. The first-order valence-electron chi connectivity index (χ1n) is 9.57. The molecule has 2 heterocycles. The molecule has 1 amide bonds. The minimum atomic E-state index is -0.428. The minimum absolute atomic E-state index is 0.264. The number of anilines is 1. The van der Waals surface area contributed by atoms with E-state index in [1.165, 1.54) is 24.8 Å². The van der Waals surface area contributed by atoms with Crippen LogP contribution in [0.25, 0.3) is 0 Å². The molecular formula is C20H28N2O2. The fourth-order valence-electron chi connectivity index (χ4n) is 4.10. The molecule has 1 atom stereocenters. The molecule has 4 rings (SSSR count). The maximum absolute atomic E-state index is 12.5. The Hall–Kier alpha value is -1.39. The van der Waals surface area contributed by atoms with E-state index in [1.54, 1.807) is 0 Å². The van der Waals surface area contributed by atoms with Crippen LogP contribution in [-0.4, -0.2) is 42.1 Å². The summed E-state index contributed by atoms with van der Waals surface area (Å²) in [7, 11) is 0. The van der Waals surface area contributed by atoms with Crippen molar-refractivity contribution >= 4 is 11.6 Å². The molecule has 130 valence electrons. The zero-order chi connectivity index (χ0) is 16.5. The standard InChI is InChI=1S/C20H28N2O2/c23-19(14-21-10-2-1-3-11-21)17-8-9-18-16(13-17)5-4-12-22(18)20(24)15-6-7-15/h8-9,13,15,19,23H,1-7,10-12,14H2. The molecular weight excluding hydrogens is 300 g/mol. The normalized spacial score (nSPS) is 23.0. The van der Waals surface area contributed by atoms with Crippen LogP contribution in [0.5, 0.6) is 0 Å². The Kier molecular flexibility index (Phi) is 4.59. The van der Waals surface area contributed by atoms with Crippen molar-refractivity contribution in [3.8, 4) is 0 Å². The Labute approximate surface area is 144 Å². The number of rotatable bonds is 4. The second-order valence-corrected chi connectivity index (χ2v) is 7.63. The quantitative estimate of drug-likeness (QED) is 0.924. The third-order valence-corrected chi connectivity index (χ3v) is 5.68. The predicted octanol–water partition coefficient (Wildman–Crippen LogP) is 2.90. The first-order valence-corrected chi connectivity index (χ1v) is 9.57. The van der Waals surface area contributed by atoms with Crippen LogP contribution in [0, 0.1) is 5.92 Å². The van der Waals surface area contributed by atoms with Crippen molar-refractivity contribution in [1.82, 2.24) is 4.90 Å². The third-order valence-electron chi connectivity index (χ3n) is 5.68. The van der Waals surface area contributed by atoms with Crippen molar-refractivity contribution < 1.29 is 9.90 Å². The van der Waals surface area contributed by atoms with Gasteiger partial charge in [0.05, 0.1) is 6.10 Å². The lowest BCUT2D eigenvalue weighted by molar-refractivity contribution is -0.119. The molecule has 2 aliphatic heterocycles. The predicted molar refractivity (Wildman–Crippen MR) is 95.1 cm³/mol. The van der Waals surface area contributed by atoms with Crippen molar-refractivity contribution in [2.75, 3.05) is 31.1 Å². The fraction of sp³-hybridized carbons (Fsp3) is 0.650.